The summed E-state index contributed by atoms with van der Waals surface area (Å²) in [4.78, 5) is 37.6. The standard InChI is InChI=1S/C32H37N3O8S/c1-42-31(36)17-7-23-4-2-22(3-5-23)6-8-24-13-16-28(20-29(24)35(38)39)44(40,41)33-27-14-11-26(12-15-27)32(37)34-18-19-43-21-30(34)25-9-10-25/h2-5,13,16,20,25-27,30,33H,7,9-12,14-15,17-19,21H2,1H3/t26?,27?,30-/m1/s1. The van der Waals surface area contributed by atoms with Crippen LogP contribution in [0.3, 0.4) is 0 Å². The van der Waals surface area contributed by atoms with Crippen LogP contribution in [0.4, 0.5) is 5.69 Å². The van der Waals surface area contributed by atoms with Gasteiger partial charge < -0.3 is 14.4 Å². The number of nitro benzene ring substituents is 1. The number of carbonyl (C=O) groups is 2. The van der Waals surface area contributed by atoms with Crippen molar-refractivity contribution in [2.75, 3.05) is 26.9 Å². The number of methoxy groups -OCH3 is 1. The number of hydrogen-bond acceptors (Lipinski definition) is 8. The number of carbonyl (C=O) groups excluding carboxylic acids is 2. The molecule has 3 fully saturated rings. The number of amides is 1. The number of nitrogens with zero attached hydrogens (tertiary/aromatic N) is 2. The van der Waals surface area contributed by atoms with E-state index in [1.54, 1.807) is 12.1 Å². The van der Waals surface area contributed by atoms with Crippen LogP contribution in [0.25, 0.3) is 0 Å². The number of sulfonamides is 1. The molecule has 2 aromatic carbocycles. The fraction of sp³-hybridized carbons (Fsp3) is 0.500. The minimum Gasteiger partial charge on any atom is -0.469 e. The normalized spacial score (nSPS) is 22.0. The number of morpholine rings is 1. The van der Waals surface area contributed by atoms with E-state index in [1.165, 1.54) is 19.2 Å². The van der Waals surface area contributed by atoms with Gasteiger partial charge in [0.25, 0.3) is 5.69 Å². The fourth-order valence-corrected chi connectivity index (χ4v) is 7.25. The van der Waals surface area contributed by atoms with Gasteiger partial charge in [-0.25, -0.2) is 13.1 Å². The van der Waals surface area contributed by atoms with Gasteiger partial charge in [-0.05, 0) is 80.7 Å². The Balaban J connectivity index is 1.20. The SMILES string of the molecule is COC(=O)CCc1ccc(C#Cc2ccc(S(=O)(=O)NC3CCC(C(=O)N4CCOC[C@@H]4C4CC4)CC3)cc2[N+](=O)[O-])cc1. The molecule has 1 amide bonds. The van der Waals surface area contributed by atoms with Gasteiger partial charge >= 0.3 is 5.97 Å². The van der Waals surface area contributed by atoms with Crippen molar-refractivity contribution in [2.45, 2.75) is 68.3 Å². The summed E-state index contributed by atoms with van der Waals surface area (Å²) in [5.74, 6) is 5.91. The molecule has 0 unspecified atom stereocenters. The molecule has 234 valence electrons. The lowest BCUT2D eigenvalue weighted by Gasteiger charge is -2.39. The van der Waals surface area contributed by atoms with Gasteiger partial charge in [-0.3, -0.25) is 19.7 Å². The Morgan fingerprint density at radius 2 is 1.80 bits per heavy atom. The van der Waals surface area contributed by atoms with Crippen LogP contribution in [0.1, 0.15) is 61.6 Å². The largest absolute Gasteiger partial charge is 0.469 e. The average molecular weight is 624 g/mol. The topological polar surface area (TPSA) is 145 Å². The molecule has 0 bridgehead atoms. The number of esters is 1. The van der Waals surface area contributed by atoms with Gasteiger partial charge in [0, 0.05) is 36.6 Å². The second-order valence-corrected chi connectivity index (χ2v) is 13.4. The Hall–Kier alpha value is -3.79. The number of nitro groups is 1. The summed E-state index contributed by atoms with van der Waals surface area (Å²) in [5, 5.41) is 11.8. The van der Waals surface area contributed by atoms with Gasteiger partial charge in [0.1, 0.15) is 5.56 Å². The van der Waals surface area contributed by atoms with E-state index in [0.717, 1.165) is 24.5 Å². The molecule has 1 heterocycles. The highest BCUT2D eigenvalue weighted by Gasteiger charge is 2.41. The molecule has 0 spiro atoms. The lowest BCUT2D eigenvalue weighted by Crippen LogP contribution is -2.52. The predicted molar refractivity (Wildman–Crippen MR) is 161 cm³/mol. The second kappa shape index (κ2) is 13.9. The molecule has 12 heteroatoms. The van der Waals surface area contributed by atoms with Crippen molar-refractivity contribution in [1.82, 2.24) is 9.62 Å². The van der Waals surface area contributed by atoms with Crippen LogP contribution < -0.4 is 4.72 Å². The maximum absolute atomic E-state index is 13.3. The number of ether oxygens (including phenoxy) is 2. The van der Waals surface area contributed by atoms with E-state index in [9.17, 15) is 28.1 Å². The maximum atomic E-state index is 13.3. The van der Waals surface area contributed by atoms with Crippen LogP contribution in [-0.2, 0) is 35.5 Å². The Morgan fingerprint density at radius 3 is 2.45 bits per heavy atom. The molecule has 2 saturated carbocycles. The van der Waals surface area contributed by atoms with Gasteiger partial charge in [0.2, 0.25) is 15.9 Å². The lowest BCUT2D eigenvalue weighted by atomic mass is 9.85. The van der Waals surface area contributed by atoms with Crippen molar-refractivity contribution < 1.29 is 32.4 Å². The zero-order valence-electron chi connectivity index (χ0n) is 24.7. The fourth-order valence-electron chi connectivity index (χ4n) is 5.93. The summed E-state index contributed by atoms with van der Waals surface area (Å²) < 4.78 is 39.4. The van der Waals surface area contributed by atoms with Crippen molar-refractivity contribution in [3.63, 3.8) is 0 Å². The first-order valence-corrected chi connectivity index (χ1v) is 16.5. The summed E-state index contributed by atoms with van der Waals surface area (Å²) in [7, 11) is -2.70. The molecule has 1 N–H and O–H groups in total. The molecule has 0 radical (unpaired) electrons. The van der Waals surface area contributed by atoms with Crippen LogP contribution in [0.2, 0.25) is 0 Å². The average Bonchev–Trinajstić information content (AvgIpc) is 3.88. The summed E-state index contributed by atoms with van der Waals surface area (Å²) in [6.07, 6.45) is 5.24. The Bertz CT molecular complexity index is 1550. The minimum absolute atomic E-state index is 0.0929. The molecule has 1 atom stereocenters. The monoisotopic (exact) mass is 623 g/mol. The van der Waals surface area contributed by atoms with Crippen LogP contribution in [0.5, 0.6) is 0 Å². The molecule has 44 heavy (non-hydrogen) atoms. The molecule has 1 aliphatic heterocycles. The molecule has 3 aliphatic rings. The number of aryl methyl sites for hydroxylation is 1. The Kier molecular flexibility index (Phi) is 9.98. The van der Waals surface area contributed by atoms with Crippen LogP contribution >= 0.6 is 0 Å². The molecule has 1 saturated heterocycles. The van der Waals surface area contributed by atoms with Crippen molar-refractivity contribution in [2.24, 2.45) is 11.8 Å². The highest BCUT2D eigenvalue weighted by Crippen LogP contribution is 2.38. The first-order valence-electron chi connectivity index (χ1n) is 15.0. The lowest BCUT2D eigenvalue weighted by molar-refractivity contribution is -0.385. The molecule has 0 aromatic heterocycles. The molecule has 5 rings (SSSR count). The molecule has 2 aliphatic carbocycles. The van der Waals surface area contributed by atoms with Crippen LogP contribution in [0, 0.1) is 33.8 Å². The maximum Gasteiger partial charge on any atom is 0.305 e. The molecule has 11 nitrogen and oxygen atoms in total. The zero-order valence-corrected chi connectivity index (χ0v) is 25.5. The van der Waals surface area contributed by atoms with Crippen LogP contribution in [-0.4, -0.2) is 69.1 Å². The van der Waals surface area contributed by atoms with Gasteiger partial charge in [-0.15, -0.1) is 0 Å². The van der Waals surface area contributed by atoms with E-state index in [1.807, 2.05) is 17.0 Å². The van der Waals surface area contributed by atoms with Gasteiger partial charge in [0.15, 0.2) is 0 Å². The van der Waals surface area contributed by atoms with Gasteiger partial charge in [-0.1, -0.05) is 24.0 Å². The van der Waals surface area contributed by atoms with Crippen molar-refractivity contribution >= 4 is 27.6 Å². The number of rotatable bonds is 9. The molecular formula is C32H37N3O8S. The van der Waals surface area contributed by atoms with E-state index in [-0.39, 0.29) is 46.8 Å². The highest BCUT2D eigenvalue weighted by atomic mass is 32.2. The van der Waals surface area contributed by atoms with E-state index in [0.29, 0.717) is 63.3 Å². The van der Waals surface area contributed by atoms with E-state index >= 15 is 0 Å². The third-order valence-electron chi connectivity index (χ3n) is 8.63. The van der Waals surface area contributed by atoms with Crippen molar-refractivity contribution in [3.8, 4) is 11.8 Å². The Morgan fingerprint density at radius 1 is 1.07 bits per heavy atom. The van der Waals surface area contributed by atoms with Crippen molar-refractivity contribution in [3.05, 3.63) is 69.3 Å². The summed E-state index contributed by atoms with van der Waals surface area (Å²) in [6.45, 7) is 1.75. The Labute approximate surface area is 257 Å². The predicted octanol–water partition coefficient (Wildman–Crippen LogP) is 3.57. The van der Waals surface area contributed by atoms with Crippen LogP contribution in [0.15, 0.2) is 47.4 Å². The minimum atomic E-state index is -4.04. The highest BCUT2D eigenvalue weighted by molar-refractivity contribution is 7.89. The summed E-state index contributed by atoms with van der Waals surface area (Å²) in [6, 6.07) is 10.6. The molecule has 2 aromatic rings. The van der Waals surface area contributed by atoms with E-state index in [4.69, 9.17) is 4.74 Å². The summed E-state index contributed by atoms with van der Waals surface area (Å²) >= 11 is 0. The summed E-state index contributed by atoms with van der Waals surface area (Å²) in [5.41, 5.74) is 1.23. The number of hydrogen-bond donors (Lipinski definition) is 1. The van der Waals surface area contributed by atoms with E-state index in [2.05, 4.69) is 21.3 Å². The first kappa shape index (κ1) is 31.6. The second-order valence-electron chi connectivity index (χ2n) is 11.6. The smallest absolute Gasteiger partial charge is 0.305 e. The first-order chi connectivity index (χ1) is 21.1. The zero-order chi connectivity index (χ0) is 31.3. The quantitative estimate of drug-likeness (QED) is 0.193. The van der Waals surface area contributed by atoms with Gasteiger partial charge in [0.05, 0.1) is 36.2 Å². The molecular weight excluding hydrogens is 586 g/mol. The van der Waals surface area contributed by atoms with Crippen molar-refractivity contribution in [1.29, 1.82) is 0 Å². The van der Waals surface area contributed by atoms with Gasteiger partial charge in [-0.2, -0.15) is 0 Å². The number of benzene rings is 2. The van der Waals surface area contributed by atoms with E-state index < -0.39 is 20.6 Å². The third-order valence-corrected chi connectivity index (χ3v) is 10.1. The third kappa shape index (κ3) is 7.83. The number of nitrogens with one attached hydrogen (secondary N) is 1.